The second-order valence-corrected chi connectivity index (χ2v) is 6.01. The fourth-order valence-corrected chi connectivity index (χ4v) is 3.09. The molecule has 102 valence electrons. The van der Waals surface area contributed by atoms with Crippen molar-refractivity contribution in [3.05, 3.63) is 57.8 Å². The molecule has 1 amide bonds. The Bertz CT molecular complexity index is 633. The van der Waals surface area contributed by atoms with E-state index in [9.17, 15) is 4.79 Å². The first kappa shape index (κ1) is 13.1. The van der Waals surface area contributed by atoms with Crippen molar-refractivity contribution in [3.63, 3.8) is 0 Å². The number of carbonyl (C=O) groups excluding carboxylic acids is 1. The molecule has 4 heteroatoms. The van der Waals surface area contributed by atoms with E-state index >= 15 is 0 Å². The van der Waals surface area contributed by atoms with Crippen LogP contribution in [0.5, 0.6) is 0 Å². The highest BCUT2D eigenvalue weighted by molar-refractivity contribution is 7.11. The van der Waals surface area contributed by atoms with Crippen LogP contribution in [0.25, 0.3) is 0 Å². The lowest BCUT2D eigenvalue weighted by Crippen LogP contribution is -2.20. The van der Waals surface area contributed by atoms with Gasteiger partial charge in [0.05, 0.1) is 6.21 Å². The molecule has 0 aliphatic heterocycles. The summed E-state index contributed by atoms with van der Waals surface area (Å²) in [5, 5.41) is 6.07. The molecule has 1 heterocycles. The first-order chi connectivity index (χ1) is 9.75. The predicted octanol–water partition coefficient (Wildman–Crippen LogP) is 3.31. The van der Waals surface area contributed by atoms with Gasteiger partial charge in [0.15, 0.2) is 0 Å². The molecule has 0 saturated heterocycles. The van der Waals surface area contributed by atoms with Crippen LogP contribution in [0.2, 0.25) is 0 Å². The van der Waals surface area contributed by atoms with Gasteiger partial charge in [-0.15, -0.1) is 11.3 Å². The second kappa shape index (κ2) is 5.59. The molecule has 1 N–H and O–H groups in total. The molecule has 1 fully saturated rings. The molecular formula is C16H16N2OS. The number of hydrogen-bond donors (Lipinski definition) is 1. The minimum Gasteiger partial charge on any atom is -0.273 e. The van der Waals surface area contributed by atoms with Crippen molar-refractivity contribution in [3.8, 4) is 0 Å². The number of thiophene rings is 1. The summed E-state index contributed by atoms with van der Waals surface area (Å²) in [7, 11) is 0. The minimum atomic E-state index is 0.0179. The Morgan fingerprint density at radius 2 is 2.15 bits per heavy atom. The van der Waals surface area contributed by atoms with Gasteiger partial charge in [0.2, 0.25) is 5.91 Å². The molecule has 20 heavy (non-hydrogen) atoms. The largest absolute Gasteiger partial charge is 0.273 e. The fraction of sp³-hybridized carbons (Fsp3) is 0.250. The normalized spacial score (nSPS) is 21.1. The molecule has 2 aromatic rings. The number of hydrogen-bond acceptors (Lipinski definition) is 3. The number of nitrogens with one attached hydrogen (secondary N) is 1. The van der Waals surface area contributed by atoms with Crippen molar-refractivity contribution in [2.24, 2.45) is 11.0 Å². The maximum atomic E-state index is 12.0. The molecule has 1 aromatic heterocycles. The molecule has 1 aliphatic carbocycles. The molecule has 0 unspecified atom stereocenters. The summed E-state index contributed by atoms with van der Waals surface area (Å²) in [6.07, 6.45) is 2.64. The van der Waals surface area contributed by atoms with Crippen LogP contribution in [0, 0.1) is 12.8 Å². The van der Waals surface area contributed by atoms with Crippen LogP contribution in [0.1, 0.15) is 28.3 Å². The zero-order valence-electron chi connectivity index (χ0n) is 11.2. The number of amides is 1. The lowest BCUT2D eigenvalue weighted by atomic mass is 10.1. The van der Waals surface area contributed by atoms with E-state index in [0.717, 1.165) is 11.3 Å². The summed E-state index contributed by atoms with van der Waals surface area (Å²) in [6, 6.07) is 12.2. The van der Waals surface area contributed by atoms with E-state index in [1.807, 2.05) is 36.6 Å². The second-order valence-electron chi connectivity index (χ2n) is 5.06. The average molecular weight is 284 g/mol. The Morgan fingerprint density at radius 1 is 1.35 bits per heavy atom. The van der Waals surface area contributed by atoms with E-state index < -0.39 is 0 Å². The molecule has 1 saturated carbocycles. The van der Waals surface area contributed by atoms with Crippen molar-refractivity contribution < 1.29 is 4.79 Å². The fourth-order valence-electron chi connectivity index (χ4n) is 2.31. The summed E-state index contributed by atoms with van der Waals surface area (Å²) in [5.74, 6) is 0.443. The Kier molecular flexibility index (Phi) is 3.65. The van der Waals surface area contributed by atoms with Crippen LogP contribution in [0.3, 0.4) is 0 Å². The zero-order chi connectivity index (χ0) is 13.9. The van der Waals surface area contributed by atoms with E-state index in [1.54, 1.807) is 17.6 Å². The van der Waals surface area contributed by atoms with Gasteiger partial charge in [-0.3, -0.25) is 4.79 Å². The van der Waals surface area contributed by atoms with Crippen molar-refractivity contribution in [1.29, 1.82) is 0 Å². The topological polar surface area (TPSA) is 41.5 Å². The third kappa shape index (κ3) is 2.80. The molecule has 3 nitrogen and oxygen atoms in total. The Hall–Kier alpha value is -1.94. The predicted molar refractivity (Wildman–Crippen MR) is 82.1 cm³/mol. The van der Waals surface area contributed by atoms with Crippen molar-refractivity contribution in [1.82, 2.24) is 5.43 Å². The maximum Gasteiger partial charge on any atom is 0.243 e. The summed E-state index contributed by atoms with van der Waals surface area (Å²) in [6.45, 7) is 2.03. The van der Waals surface area contributed by atoms with Crippen molar-refractivity contribution in [2.75, 3.05) is 0 Å². The van der Waals surface area contributed by atoms with Crippen LogP contribution < -0.4 is 5.43 Å². The van der Waals surface area contributed by atoms with Gasteiger partial charge in [0, 0.05) is 10.8 Å². The smallest absolute Gasteiger partial charge is 0.243 e. The van der Waals surface area contributed by atoms with Crippen LogP contribution in [-0.4, -0.2) is 12.1 Å². The van der Waals surface area contributed by atoms with E-state index in [0.29, 0.717) is 5.92 Å². The summed E-state index contributed by atoms with van der Waals surface area (Å²) >= 11 is 1.62. The quantitative estimate of drug-likeness (QED) is 0.679. The van der Waals surface area contributed by atoms with Gasteiger partial charge in [0.25, 0.3) is 0 Å². The maximum absolute atomic E-state index is 12.0. The number of benzene rings is 1. The molecule has 1 aliphatic rings. The van der Waals surface area contributed by atoms with Crippen LogP contribution in [0.4, 0.5) is 0 Å². The number of aryl methyl sites for hydroxylation is 1. The van der Waals surface area contributed by atoms with E-state index in [1.165, 1.54) is 11.1 Å². The number of hydrazone groups is 1. The number of carbonyl (C=O) groups is 1. The molecule has 1 aromatic carbocycles. The van der Waals surface area contributed by atoms with Crippen LogP contribution in [0.15, 0.2) is 46.9 Å². The highest BCUT2D eigenvalue weighted by Gasteiger charge is 2.43. The first-order valence-electron chi connectivity index (χ1n) is 6.67. The van der Waals surface area contributed by atoms with Gasteiger partial charge >= 0.3 is 0 Å². The van der Waals surface area contributed by atoms with Crippen molar-refractivity contribution in [2.45, 2.75) is 19.3 Å². The Morgan fingerprint density at radius 3 is 2.85 bits per heavy atom. The van der Waals surface area contributed by atoms with Gasteiger partial charge in [-0.2, -0.15) is 5.10 Å². The van der Waals surface area contributed by atoms with Crippen molar-refractivity contribution >= 4 is 23.5 Å². The SMILES string of the molecule is Cc1ccsc1/C=N\NC(=O)[C@H]1C[C@H]1c1ccccc1. The van der Waals surface area contributed by atoms with Gasteiger partial charge < -0.3 is 0 Å². The zero-order valence-corrected chi connectivity index (χ0v) is 12.1. The third-order valence-electron chi connectivity index (χ3n) is 3.61. The lowest BCUT2D eigenvalue weighted by Gasteiger charge is -1.99. The van der Waals surface area contributed by atoms with E-state index in [-0.39, 0.29) is 11.8 Å². The summed E-state index contributed by atoms with van der Waals surface area (Å²) in [5.41, 5.74) is 5.07. The number of rotatable bonds is 4. The molecule has 3 rings (SSSR count). The van der Waals surface area contributed by atoms with Gasteiger partial charge in [-0.1, -0.05) is 30.3 Å². The van der Waals surface area contributed by atoms with Gasteiger partial charge in [0.1, 0.15) is 0 Å². The molecule has 0 spiro atoms. The third-order valence-corrected chi connectivity index (χ3v) is 4.57. The average Bonchev–Trinajstić information content (AvgIpc) is 3.18. The first-order valence-corrected chi connectivity index (χ1v) is 7.55. The monoisotopic (exact) mass is 284 g/mol. The highest BCUT2D eigenvalue weighted by Crippen LogP contribution is 2.47. The Labute approximate surface area is 122 Å². The lowest BCUT2D eigenvalue weighted by molar-refractivity contribution is -0.122. The van der Waals surface area contributed by atoms with Gasteiger partial charge in [-0.05, 0) is 41.8 Å². The molecule has 2 atom stereocenters. The van der Waals surface area contributed by atoms with Crippen LogP contribution in [-0.2, 0) is 4.79 Å². The molecule has 0 bridgehead atoms. The van der Waals surface area contributed by atoms with Gasteiger partial charge in [-0.25, -0.2) is 5.43 Å². The van der Waals surface area contributed by atoms with E-state index in [4.69, 9.17) is 0 Å². The Balaban J connectivity index is 1.54. The highest BCUT2D eigenvalue weighted by atomic mass is 32.1. The standard InChI is InChI=1S/C16H16N2OS/c1-11-7-8-20-15(11)10-17-18-16(19)14-9-13(14)12-5-3-2-4-6-12/h2-8,10,13-14H,9H2,1H3,(H,18,19)/b17-10-/t13-,14-/m0/s1. The van der Waals surface area contributed by atoms with Crippen LogP contribution >= 0.6 is 11.3 Å². The number of nitrogens with zero attached hydrogens (tertiary/aromatic N) is 1. The molecular weight excluding hydrogens is 268 g/mol. The summed E-state index contributed by atoms with van der Waals surface area (Å²) in [4.78, 5) is 13.1. The minimum absolute atomic E-state index is 0.0179. The van der Waals surface area contributed by atoms with E-state index in [2.05, 4.69) is 22.7 Å². The molecule has 0 radical (unpaired) electrons. The summed E-state index contributed by atoms with van der Waals surface area (Å²) < 4.78 is 0.